The van der Waals surface area contributed by atoms with Crippen LogP contribution in [-0.2, 0) is 22.9 Å². The molecule has 1 aliphatic rings. The molecule has 0 radical (unpaired) electrons. The van der Waals surface area contributed by atoms with E-state index in [4.69, 9.17) is 23.2 Å². The van der Waals surface area contributed by atoms with Crippen LogP contribution in [0, 0.1) is 0 Å². The maximum atomic E-state index is 12.4. The molecule has 0 saturated heterocycles. The molecule has 3 rings (SSSR count). The van der Waals surface area contributed by atoms with Crippen LogP contribution >= 0.6 is 23.2 Å². The monoisotopic (exact) mass is 341 g/mol. The van der Waals surface area contributed by atoms with Crippen molar-refractivity contribution in [2.75, 3.05) is 0 Å². The average molecular weight is 342 g/mol. The van der Waals surface area contributed by atoms with Gasteiger partial charge in [-0.25, -0.2) is 13.1 Å². The van der Waals surface area contributed by atoms with Crippen molar-refractivity contribution in [2.24, 2.45) is 0 Å². The molecule has 0 aliphatic heterocycles. The Bertz CT molecular complexity index is 745. The minimum Gasteiger partial charge on any atom is -0.207 e. The van der Waals surface area contributed by atoms with Gasteiger partial charge in [0, 0.05) is 16.1 Å². The van der Waals surface area contributed by atoms with Gasteiger partial charge in [0.05, 0.1) is 4.90 Å². The largest absolute Gasteiger partial charge is 0.240 e. The van der Waals surface area contributed by atoms with E-state index < -0.39 is 10.0 Å². The first-order valence-corrected chi connectivity index (χ1v) is 8.73. The Labute approximate surface area is 133 Å². The van der Waals surface area contributed by atoms with Gasteiger partial charge in [-0.1, -0.05) is 47.5 Å². The van der Waals surface area contributed by atoms with Crippen LogP contribution in [-0.4, -0.2) is 14.5 Å². The fourth-order valence-electron chi connectivity index (χ4n) is 2.61. The fraction of sp³-hybridized carbons (Fsp3) is 0.200. The van der Waals surface area contributed by atoms with E-state index in [9.17, 15) is 8.42 Å². The molecule has 0 unspecified atom stereocenters. The lowest BCUT2D eigenvalue weighted by atomic mass is 10.1. The van der Waals surface area contributed by atoms with Crippen molar-refractivity contribution >= 4 is 33.2 Å². The first kappa shape index (κ1) is 14.9. The van der Waals surface area contributed by atoms with E-state index in [1.807, 2.05) is 24.3 Å². The van der Waals surface area contributed by atoms with E-state index in [2.05, 4.69) is 4.72 Å². The Morgan fingerprint density at radius 1 is 0.952 bits per heavy atom. The van der Waals surface area contributed by atoms with E-state index in [0.29, 0.717) is 22.9 Å². The Morgan fingerprint density at radius 2 is 1.48 bits per heavy atom. The van der Waals surface area contributed by atoms with Crippen molar-refractivity contribution in [2.45, 2.75) is 23.8 Å². The second-order valence-electron chi connectivity index (χ2n) is 5.10. The first-order valence-electron chi connectivity index (χ1n) is 6.49. The van der Waals surface area contributed by atoms with Crippen molar-refractivity contribution in [3.63, 3.8) is 0 Å². The average Bonchev–Trinajstić information content (AvgIpc) is 2.78. The second-order valence-corrected chi connectivity index (χ2v) is 7.69. The standard InChI is InChI=1S/C15H13Cl2NO2S/c16-12-7-13(17)9-15(8-12)21(19,20)18-14-5-10-3-1-2-4-11(10)6-14/h1-4,7-9,14,18H,5-6H2. The van der Waals surface area contributed by atoms with E-state index in [0.717, 1.165) is 0 Å². The number of hydrogen-bond donors (Lipinski definition) is 1. The second kappa shape index (κ2) is 5.61. The highest BCUT2D eigenvalue weighted by Gasteiger charge is 2.26. The molecule has 1 N–H and O–H groups in total. The first-order chi connectivity index (χ1) is 9.94. The molecule has 0 saturated carbocycles. The lowest BCUT2D eigenvalue weighted by Crippen LogP contribution is -2.35. The van der Waals surface area contributed by atoms with Gasteiger partial charge in [0.2, 0.25) is 10.0 Å². The van der Waals surface area contributed by atoms with Gasteiger partial charge in [0.1, 0.15) is 0 Å². The lowest BCUT2D eigenvalue weighted by Gasteiger charge is -2.13. The Balaban J connectivity index is 1.82. The summed E-state index contributed by atoms with van der Waals surface area (Å²) in [5, 5.41) is 0.607. The molecule has 2 aromatic carbocycles. The van der Waals surface area contributed by atoms with Crippen LogP contribution in [0.5, 0.6) is 0 Å². The van der Waals surface area contributed by atoms with E-state index in [1.165, 1.54) is 29.3 Å². The van der Waals surface area contributed by atoms with Gasteiger partial charge in [0.25, 0.3) is 0 Å². The summed E-state index contributed by atoms with van der Waals surface area (Å²) in [6.07, 6.45) is 1.40. The van der Waals surface area contributed by atoms with Crippen LogP contribution in [0.1, 0.15) is 11.1 Å². The molecule has 0 fully saturated rings. The summed E-state index contributed by atoms with van der Waals surface area (Å²) in [7, 11) is -3.63. The van der Waals surface area contributed by atoms with Crippen LogP contribution in [0.4, 0.5) is 0 Å². The van der Waals surface area contributed by atoms with Gasteiger partial charge < -0.3 is 0 Å². The summed E-state index contributed by atoms with van der Waals surface area (Å²) >= 11 is 11.7. The van der Waals surface area contributed by atoms with Crippen molar-refractivity contribution < 1.29 is 8.42 Å². The number of rotatable bonds is 3. The molecule has 2 aromatic rings. The molecule has 0 amide bonds. The van der Waals surface area contributed by atoms with Gasteiger partial charge in [-0.05, 0) is 42.2 Å². The highest BCUT2D eigenvalue weighted by Crippen LogP contribution is 2.25. The van der Waals surface area contributed by atoms with Crippen LogP contribution in [0.15, 0.2) is 47.4 Å². The smallest absolute Gasteiger partial charge is 0.207 e. The highest BCUT2D eigenvalue weighted by molar-refractivity contribution is 7.89. The van der Waals surface area contributed by atoms with Crippen molar-refractivity contribution in [3.05, 3.63) is 63.6 Å². The number of fused-ring (bicyclic) bond motifs is 1. The number of nitrogens with one attached hydrogen (secondary N) is 1. The van der Waals surface area contributed by atoms with Crippen molar-refractivity contribution in [3.8, 4) is 0 Å². The van der Waals surface area contributed by atoms with E-state index >= 15 is 0 Å². The number of benzene rings is 2. The van der Waals surface area contributed by atoms with Crippen molar-refractivity contribution in [1.82, 2.24) is 4.72 Å². The quantitative estimate of drug-likeness (QED) is 0.929. The molecule has 21 heavy (non-hydrogen) atoms. The van der Waals surface area contributed by atoms with Crippen molar-refractivity contribution in [1.29, 1.82) is 0 Å². The number of sulfonamides is 1. The molecular formula is C15H13Cl2NO2S. The minimum atomic E-state index is -3.63. The van der Waals surface area contributed by atoms with Crippen LogP contribution in [0.25, 0.3) is 0 Å². The summed E-state index contributed by atoms with van der Waals surface area (Å²) < 4.78 is 27.6. The summed E-state index contributed by atoms with van der Waals surface area (Å²) in [5.74, 6) is 0. The predicted octanol–water partition coefficient (Wildman–Crippen LogP) is 3.44. The Kier molecular flexibility index (Phi) is 3.97. The summed E-state index contributed by atoms with van der Waals surface area (Å²) in [4.78, 5) is 0.0935. The number of halogens is 2. The van der Waals surface area contributed by atoms with Gasteiger partial charge >= 0.3 is 0 Å². The van der Waals surface area contributed by atoms with Gasteiger partial charge in [-0.15, -0.1) is 0 Å². The third-order valence-electron chi connectivity index (χ3n) is 3.52. The van der Waals surface area contributed by atoms with Gasteiger partial charge in [0.15, 0.2) is 0 Å². The van der Waals surface area contributed by atoms with Crippen LogP contribution in [0.3, 0.4) is 0 Å². The number of hydrogen-bond acceptors (Lipinski definition) is 2. The summed E-state index contributed by atoms with van der Waals surface area (Å²) in [5.41, 5.74) is 2.38. The topological polar surface area (TPSA) is 46.2 Å². The van der Waals surface area contributed by atoms with E-state index in [1.54, 1.807) is 0 Å². The highest BCUT2D eigenvalue weighted by atomic mass is 35.5. The summed E-state index contributed by atoms with van der Waals surface area (Å²) in [6, 6.07) is 12.2. The fourth-order valence-corrected chi connectivity index (χ4v) is 4.57. The molecule has 0 spiro atoms. The zero-order valence-electron chi connectivity index (χ0n) is 11.0. The van der Waals surface area contributed by atoms with Crippen LogP contribution in [0.2, 0.25) is 10.0 Å². The molecule has 1 aliphatic carbocycles. The maximum absolute atomic E-state index is 12.4. The Morgan fingerprint density at radius 3 is 2.00 bits per heavy atom. The third-order valence-corrected chi connectivity index (χ3v) is 5.46. The SMILES string of the molecule is O=S(=O)(NC1Cc2ccccc2C1)c1cc(Cl)cc(Cl)c1. The lowest BCUT2D eigenvalue weighted by molar-refractivity contribution is 0.555. The maximum Gasteiger partial charge on any atom is 0.240 e. The van der Waals surface area contributed by atoms with Crippen LogP contribution < -0.4 is 4.72 Å². The Hall–Kier alpha value is -1.07. The molecule has 0 bridgehead atoms. The molecule has 0 heterocycles. The molecule has 3 nitrogen and oxygen atoms in total. The third kappa shape index (κ3) is 3.24. The zero-order valence-corrected chi connectivity index (χ0v) is 13.3. The summed E-state index contributed by atoms with van der Waals surface area (Å²) in [6.45, 7) is 0. The zero-order chi connectivity index (χ0) is 15.0. The molecule has 110 valence electrons. The minimum absolute atomic E-state index is 0.0935. The molecule has 0 atom stereocenters. The van der Waals surface area contributed by atoms with Gasteiger partial charge in [-0.3, -0.25) is 0 Å². The normalized spacial score (nSPS) is 15.1. The van der Waals surface area contributed by atoms with Gasteiger partial charge in [-0.2, -0.15) is 0 Å². The molecular weight excluding hydrogens is 329 g/mol. The van der Waals surface area contributed by atoms with E-state index in [-0.39, 0.29) is 10.9 Å². The molecule has 6 heteroatoms. The molecule has 0 aromatic heterocycles. The predicted molar refractivity (Wildman–Crippen MR) is 84.4 cm³/mol.